The minimum absolute atomic E-state index is 0.641. The van der Waals surface area contributed by atoms with Gasteiger partial charge in [-0.1, -0.05) is 406 Å². The molecule has 98 heavy (non-hydrogen) atoms. The minimum atomic E-state index is -3.75. The highest BCUT2D eigenvalue weighted by Crippen LogP contribution is 2.32. The highest BCUT2D eigenvalue weighted by atomic mass is 28.3. The molecule has 15 aromatic carbocycles. The summed E-state index contributed by atoms with van der Waals surface area (Å²) in [5, 5.41) is 9.89. The zero-order valence-electron chi connectivity index (χ0n) is 54.2. The molecule has 0 saturated heterocycles. The van der Waals surface area contributed by atoms with Crippen LogP contribution in [0.3, 0.4) is 0 Å². The van der Waals surface area contributed by atoms with Gasteiger partial charge in [0.15, 0.2) is 22.0 Å². The molecule has 0 N–H and O–H groups in total. The Morgan fingerprint density at radius 2 is 0.316 bits per heavy atom. The number of hydrogen-bond acceptors (Lipinski definition) is 2. The van der Waals surface area contributed by atoms with Crippen LogP contribution in [0.25, 0.3) is 101 Å². The highest BCUT2D eigenvalue weighted by Gasteiger charge is 2.47. The van der Waals surface area contributed by atoms with Crippen molar-refractivity contribution in [2.45, 2.75) is 0 Å². The third-order valence-corrected chi connectivity index (χ3v) is 28.7. The Balaban J connectivity index is 1.12. The fraction of sp³-hybridized carbons (Fsp3) is 0. The van der Waals surface area contributed by atoms with Crippen molar-refractivity contribution in [2.24, 2.45) is 0 Å². The molecule has 4 heteroatoms. The third-order valence-electron chi connectivity index (χ3n) is 19.3. The standard InChI is InChI=1S/C94H68N2Si2/c1-9-31-69(32-10-1)77-47-25-53-84(59-77)97(85-54-26-48-78(60-85)70-33-11-2-12-34-70,86-55-27-49-79(61-86)71-35-13-3-14-36-71)90-65-83(94-95-92(75-43-21-7-22-44-75)68-93(96-94)76-45-23-8-24-46-76)66-91(67-90)98(87-56-28-50-80(62-87)72-37-15-4-16-38-72,88-57-29-51-81(63-88)73-39-17-5-18-40-73)89-58-30-52-82(64-89)74-41-19-6-20-42-74/h1-68H. The molecule has 0 spiro atoms. The Morgan fingerprint density at radius 1 is 0.133 bits per heavy atom. The van der Waals surface area contributed by atoms with Gasteiger partial charge in [-0.3, -0.25) is 0 Å². The zero-order chi connectivity index (χ0) is 65.5. The lowest BCUT2D eigenvalue weighted by Gasteiger charge is -2.39. The Labute approximate surface area is 576 Å². The lowest BCUT2D eigenvalue weighted by atomic mass is 10.1. The average Bonchev–Trinajstić information content (AvgIpc) is 0.707. The van der Waals surface area contributed by atoms with Gasteiger partial charge in [-0.25, -0.2) is 9.97 Å². The second-order valence-corrected chi connectivity index (χ2v) is 32.8. The van der Waals surface area contributed by atoms with E-state index in [2.05, 4.69) is 413 Å². The quantitative estimate of drug-likeness (QED) is 0.0671. The van der Waals surface area contributed by atoms with Crippen molar-refractivity contribution in [1.82, 2.24) is 9.97 Å². The smallest absolute Gasteiger partial charge is 0.179 e. The Bertz CT molecular complexity index is 4690. The summed E-state index contributed by atoms with van der Waals surface area (Å²) in [5.74, 6) is 0.641. The monoisotopic (exact) mass is 1280 g/mol. The first-order valence-electron chi connectivity index (χ1n) is 33.7. The van der Waals surface area contributed by atoms with Crippen LogP contribution < -0.4 is 41.5 Å². The summed E-state index contributed by atoms with van der Waals surface area (Å²) < 4.78 is 0. The molecule has 2 nitrogen and oxygen atoms in total. The summed E-state index contributed by atoms with van der Waals surface area (Å²) in [6, 6.07) is 154. The maximum absolute atomic E-state index is 5.82. The summed E-state index contributed by atoms with van der Waals surface area (Å²) in [5.41, 5.74) is 18.5. The molecule has 0 aliphatic heterocycles. The van der Waals surface area contributed by atoms with Crippen LogP contribution in [0, 0.1) is 0 Å². The van der Waals surface area contributed by atoms with Gasteiger partial charge in [0.1, 0.15) is 0 Å². The number of hydrogen-bond donors (Lipinski definition) is 0. The van der Waals surface area contributed by atoms with Gasteiger partial charge in [0.2, 0.25) is 0 Å². The maximum atomic E-state index is 5.82. The molecule has 462 valence electrons. The van der Waals surface area contributed by atoms with Crippen molar-refractivity contribution >= 4 is 57.6 Å². The summed E-state index contributed by atoms with van der Waals surface area (Å²) >= 11 is 0. The molecule has 0 amide bonds. The van der Waals surface area contributed by atoms with Crippen LogP contribution in [-0.4, -0.2) is 26.1 Å². The van der Waals surface area contributed by atoms with Crippen LogP contribution >= 0.6 is 0 Å². The van der Waals surface area contributed by atoms with Gasteiger partial charge in [-0.2, -0.15) is 0 Å². The number of aromatic nitrogens is 2. The summed E-state index contributed by atoms with van der Waals surface area (Å²) in [6.45, 7) is 0. The molecule has 0 fully saturated rings. The predicted molar refractivity (Wildman–Crippen MR) is 418 cm³/mol. The van der Waals surface area contributed by atoms with Crippen LogP contribution in [0.4, 0.5) is 0 Å². The number of rotatable bonds is 17. The molecule has 0 aliphatic carbocycles. The van der Waals surface area contributed by atoms with Gasteiger partial charge in [-0.05, 0) is 114 Å². The number of nitrogens with zero attached hydrogens (tertiary/aromatic N) is 2. The molecule has 1 aromatic heterocycles. The largest absolute Gasteiger partial charge is 0.228 e. The normalized spacial score (nSPS) is 11.5. The van der Waals surface area contributed by atoms with Gasteiger partial charge < -0.3 is 0 Å². The summed E-state index contributed by atoms with van der Waals surface area (Å²) in [7, 11) is -7.50. The maximum Gasteiger partial charge on any atom is 0.179 e. The Morgan fingerprint density at radius 3 is 0.531 bits per heavy atom. The fourth-order valence-electron chi connectivity index (χ4n) is 14.7. The molecular weight excluding hydrogens is 1210 g/mol. The lowest BCUT2D eigenvalue weighted by Crippen LogP contribution is -2.78. The van der Waals surface area contributed by atoms with E-state index in [1.54, 1.807) is 0 Å². The summed E-state index contributed by atoms with van der Waals surface area (Å²) in [4.78, 5) is 11.6. The lowest BCUT2D eigenvalue weighted by molar-refractivity contribution is 1.18. The van der Waals surface area contributed by atoms with Gasteiger partial charge in [0, 0.05) is 16.7 Å². The van der Waals surface area contributed by atoms with Crippen LogP contribution in [0.15, 0.2) is 413 Å². The SMILES string of the molecule is c1ccc(-c2cccc([Si](c3cccc(-c4ccccc4)c3)(c3cccc(-c4ccccc4)c3)c3cc(-c4nc(-c5ccccc5)cc(-c5ccccc5)n4)cc([Si](c4cccc(-c5ccccc5)c4)(c4cccc(-c5ccccc5)c4)c4cccc(-c5ccccc5)c4)c3)c2)cc1. The third kappa shape index (κ3) is 11.9. The second-order valence-electron chi connectivity index (χ2n) is 25.2. The first-order valence-corrected chi connectivity index (χ1v) is 37.7. The molecule has 1 heterocycles. The molecule has 16 aromatic rings. The second kappa shape index (κ2) is 27.3. The van der Waals surface area contributed by atoms with Crippen LogP contribution in [-0.2, 0) is 0 Å². The van der Waals surface area contributed by atoms with Crippen LogP contribution in [0.5, 0.6) is 0 Å². The molecule has 0 atom stereocenters. The predicted octanol–water partition coefficient (Wildman–Crippen LogP) is 18.2. The van der Waals surface area contributed by atoms with Gasteiger partial charge in [0.25, 0.3) is 0 Å². The van der Waals surface area contributed by atoms with E-state index in [4.69, 9.17) is 9.97 Å². The zero-order valence-corrected chi connectivity index (χ0v) is 56.2. The first kappa shape index (κ1) is 60.7. The van der Waals surface area contributed by atoms with E-state index in [1.165, 1.54) is 41.5 Å². The molecule has 0 saturated carbocycles. The average molecular weight is 1280 g/mol. The van der Waals surface area contributed by atoms with Crippen LogP contribution in [0.1, 0.15) is 0 Å². The van der Waals surface area contributed by atoms with E-state index in [-0.39, 0.29) is 0 Å². The van der Waals surface area contributed by atoms with Gasteiger partial charge >= 0.3 is 0 Å². The van der Waals surface area contributed by atoms with E-state index in [0.29, 0.717) is 5.82 Å². The molecule has 0 aliphatic rings. The van der Waals surface area contributed by atoms with E-state index in [9.17, 15) is 0 Å². The molecule has 16 rings (SSSR count). The Kier molecular flexibility index (Phi) is 16.9. The first-order chi connectivity index (χ1) is 48.5. The molecular formula is C94H68N2Si2. The van der Waals surface area contributed by atoms with Crippen LogP contribution in [0.2, 0.25) is 0 Å². The van der Waals surface area contributed by atoms with Gasteiger partial charge in [-0.15, -0.1) is 0 Å². The van der Waals surface area contributed by atoms with E-state index in [1.807, 2.05) is 0 Å². The Hall–Kier alpha value is -12.2. The van der Waals surface area contributed by atoms with Gasteiger partial charge in [0.05, 0.1) is 11.4 Å². The van der Waals surface area contributed by atoms with Crippen molar-refractivity contribution in [3.05, 3.63) is 413 Å². The highest BCUT2D eigenvalue weighted by molar-refractivity contribution is 7.22. The van der Waals surface area contributed by atoms with Crippen molar-refractivity contribution in [3.63, 3.8) is 0 Å². The molecule has 0 bridgehead atoms. The van der Waals surface area contributed by atoms with E-state index < -0.39 is 16.1 Å². The van der Waals surface area contributed by atoms with Crippen molar-refractivity contribution in [2.75, 3.05) is 0 Å². The fourth-order valence-corrected chi connectivity index (χ4v) is 24.6. The molecule has 0 unspecified atom stereocenters. The topological polar surface area (TPSA) is 25.8 Å². The minimum Gasteiger partial charge on any atom is -0.228 e. The van der Waals surface area contributed by atoms with Crippen molar-refractivity contribution in [3.8, 4) is 101 Å². The number of benzene rings is 15. The van der Waals surface area contributed by atoms with E-state index >= 15 is 0 Å². The summed E-state index contributed by atoms with van der Waals surface area (Å²) in [6.07, 6.45) is 0. The van der Waals surface area contributed by atoms with E-state index in [0.717, 1.165) is 94.8 Å². The van der Waals surface area contributed by atoms with Crippen molar-refractivity contribution in [1.29, 1.82) is 0 Å². The molecule has 0 radical (unpaired) electrons. The van der Waals surface area contributed by atoms with Crippen molar-refractivity contribution < 1.29 is 0 Å².